The molecule has 1 aliphatic rings. The van der Waals surface area contributed by atoms with Crippen molar-refractivity contribution >= 4 is 8.32 Å². The van der Waals surface area contributed by atoms with Crippen molar-refractivity contribution in [1.29, 1.82) is 5.26 Å². The van der Waals surface area contributed by atoms with Gasteiger partial charge in [-0.25, -0.2) is 0 Å². The molecule has 1 rings (SSSR count). The fourth-order valence-corrected chi connectivity index (χ4v) is 3.86. The van der Waals surface area contributed by atoms with Crippen LogP contribution in [0.5, 0.6) is 0 Å². The lowest BCUT2D eigenvalue weighted by molar-refractivity contribution is 0.0987. The second-order valence-corrected chi connectivity index (χ2v) is 10.7. The summed E-state index contributed by atoms with van der Waals surface area (Å²) in [6, 6.07) is 2.48. The van der Waals surface area contributed by atoms with Crippen molar-refractivity contribution in [2.75, 3.05) is 0 Å². The number of nitriles is 1. The zero-order valence-corrected chi connectivity index (χ0v) is 13.6. The molecule has 1 atom stereocenters. The molecule has 0 N–H and O–H groups in total. The van der Waals surface area contributed by atoms with Crippen molar-refractivity contribution < 1.29 is 4.43 Å². The van der Waals surface area contributed by atoms with Gasteiger partial charge < -0.3 is 4.43 Å². The second kappa shape index (κ2) is 7.67. The maximum Gasteiger partial charge on any atom is 0.185 e. The molecule has 1 aliphatic carbocycles. The number of nitrogens with zero attached hydrogens (tertiary/aromatic N) is 1. The van der Waals surface area contributed by atoms with Gasteiger partial charge in [0.1, 0.15) is 5.60 Å². The smallest absolute Gasteiger partial charge is 0.185 e. The fraction of sp³-hybridized carbons (Fsp3) is 0.688. The normalized spacial score (nSPS) is 26.2. The van der Waals surface area contributed by atoms with E-state index in [4.69, 9.17) is 4.43 Å². The molecule has 19 heavy (non-hydrogen) atoms. The molecular formula is C16H27NOSi. The van der Waals surface area contributed by atoms with E-state index in [1.165, 1.54) is 0 Å². The van der Waals surface area contributed by atoms with E-state index >= 15 is 0 Å². The maximum atomic E-state index is 9.61. The number of rotatable bonds is 2. The molecule has 1 unspecified atom stereocenters. The fourth-order valence-electron chi connectivity index (χ4n) is 2.43. The molecule has 0 amide bonds. The zero-order valence-electron chi connectivity index (χ0n) is 12.6. The Kier molecular flexibility index (Phi) is 6.54. The molecule has 0 aromatic heterocycles. The summed E-state index contributed by atoms with van der Waals surface area (Å²) in [4.78, 5) is 0. The van der Waals surface area contributed by atoms with Gasteiger partial charge in [-0.05, 0) is 64.6 Å². The van der Waals surface area contributed by atoms with Crippen LogP contribution in [-0.2, 0) is 4.43 Å². The number of allylic oxidation sites excluding steroid dienone is 4. The lowest BCUT2D eigenvalue weighted by Crippen LogP contribution is -2.41. The van der Waals surface area contributed by atoms with Crippen molar-refractivity contribution in [2.45, 2.75) is 70.2 Å². The first-order valence-electron chi connectivity index (χ1n) is 7.39. The minimum Gasteiger partial charge on any atom is -0.400 e. The van der Waals surface area contributed by atoms with Crippen LogP contribution in [-0.4, -0.2) is 13.9 Å². The quantitative estimate of drug-likeness (QED) is 0.528. The van der Waals surface area contributed by atoms with E-state index in [0.29, 0.717) is 0 Å². The average Bonchev–Trinajstić information content (AvgIpc) is 2.31. The van der Waals surface area contributed by atoms with Crippen LogP contribution in [0.4, 0.5) is 0 Å². The Morgan fingerprint density at radius 1 is 0.947 bits per heavy atom. The van der Waals surface area contributed by atoms with Crippen LogP contribution in [0, 0.1) is 11.3 Å². The van der Waals surface area contributed by atoms with E-state index in [0.717, 1.165) is 44.9 Å². The predicted octanol–water partition coefficient (Wildman–Crippen LogP) is 4.96. The van der Waals surface area contributed by atoms with Crippen molar-refractivity contribution in [3.05, 3.63) is 24.3 Å². The van der Waals surface area contributed by atoms with Crippen LogP contribution >= 0.6 is 0 Å². The standard InChI is InChI=1S/C16H27NOSi/c1-19(2,3)18-16(15-17)13-11-9-7-5-4-6-8-10-12-14-16/h5,7-8,10H,4,6,9,11-14H2,1-3H3. The molecule has 0 radical (unpaired) electrons. The van der Waals surface area contributed by atoms with Gasteiger partial charge in [-0.1, -0.05) is 24.3 Å². The molecular weight excluding hydrogens is 250 g/mol. The van der Waals surface area contributed by atoms with Crippen LogP contribution in [0.1, 0.15) is 44.9 Å². The van der Waals surface area contributed by atoms with Gasteiger partial charge in [0.25, 0.3) is 0 Å². The Morgan fingerprint density at radius 3 is 2.11 bits per heavy atom. The molecule has 0 saturated heterocycles. The molecule has 3 heteroatoms. The third kappa shape index (κ3) is 6.75. The van der Waals surface area contributed by atoms with Gasteiger partial charge in [-0.2, -0.15) is 5.26 Å². The molecule has 0 fully saturated rings. The summed E-state index contributed by atoms with van der Waals surface area (Å²) in [6.07, 6.45) is 15.9. The molecule has 0 saturated carbocycles. The molecule has 0 heterocycles. The number of hydrogen-bond acceptors (Lipinski definition) is 2. The first-order valence-corrected chi connectivity index (χ1v) is 10.8. The predicted molar refractivity (Wildman–Crippen MR) is 83.4 cm³/mol. The Hall–Kier alpha value is -0.853. The molecule has 0 aliphatic heterocycles. The van der Waals surface area contributed by atoms with E-state index < -0.39 is 13.9 Å². The van der Waals surface area contributed by atoms with Crippen molar-refractivity contribution in [3.63, 3.8) is 0 Å². The van der Waals surface area contributed by atoms with Gasteiger partial charge in [-0.3, -0.25) is 0 Å². The highest BCUT2D eigenvalue weighted by Crippen LogP contribution is 2.29. The van der Waals surface area contributed by atoms with Gasteiger partial charge in [0, 0.05) is 0 Å². The summed E-state index contributed by atoms with van der Waals surface area (Å²) in [6.45, 7) is 6.49. The number of hydrogen-bond donors (Lipinski definition) is 0. The van der Waals surface area contributed by atoms with Gasteiger partial charge in [0.2, 0.25) is 0 Å². The second-order valence-electron chi connectivity index (χ2n) is 6.27. The minimum atomic E-state index is -1.69. The summed E-state index contributed by atoms with van der Waals surface area (Å²) < 4.78 is 6.24. The Balaban J connectivity index is 2.76. The van der Waals surface area contributed by atoms with E-state index in [1.54, 1.807) is 0 Å². The highest BCUT2D eigenvalue weighted by Gasteiger charge is 2.35. The van der Waals surface area contributed by atoms with Crippen molar-refractivity contribution in [1.82, 2.24) is 0 Å². The van der Waals surface area contributed by atoms with Crippen LogP contribution in [0.15, 0.2) is 24.3 Å². The Labute approximate surface area is 119 Å². The largest absolute Gasteiger partial charge is 0.400 e. The third-order valence-electron chi connectivity index (χ3n) is 3.20. The molecule has 0 bridgehead atoms. The topological polar surface area (TPSA) is 33.0 Å². The molecule has 0 aromatic rings. The van der Waals surface area contributed by atoms with Gasteiger partial charge in [0.05, 0.1) is 6.07 Å². The van der Waals surface area contributed by atoms with Crippen LogP contribution < -0.4 is 0 Å². The minimum absolute atomic E-state index is 0.568. The first kappa shape index (κ1) is 16.2. The average molecular weight is 277 g/mol. The summed E-state index contributed by atoms with van der Waals surface area (Å²) in [5.74, 6) is 0. The lowest BCUT2D eigenvalue weighted by atomic mass is 9.92. The summed E-state index contributed by atoms with van der Waals surface area (Å²) in [5.41, 5.74) is -0.568. The summed E-state index contributed by atoms with van der Waals surface area (Å²) in [7, 11) is -1.69. The van der Waals surface area contributed by atoms with E-state index in [2.05, 4.69) is 50.0 Å². The highest BCUT2D eigenvalue weighted by molar-refractivity contribution is 6.69. The molecule has 106 valence electrons. The van der Waals surface area contributed by atoms with Gasteiger partial charge in [0.15, 0.2) is 8.32 Å². The third-order valence-corrected chi connectivity index (χ3v) is 4.21. The van der Waals surface area contributed by atoms with E-state index in [9.17, 15) is 5.26 Å². The monoisotopic (exact) mass is 277 g/mol. The maximum absolute atomic E-state index is 9.61. The van der Waals surface area contributed by atoms with Crippen molar-refractivity contribution in [3.8, 4) is 6.07 Å². The Morgan fingerprint density at radius 2 is 1.53 bits per heavy atom. The van der Waals surface area contributed by atoms with Crippen molar-refractivity contribution in [2.24, 2.45) is 0 Å². The van der Waals surface area contributed by atoms with E-state index in [1.807, 2.05) is 0 Å². The SMILES string of the molecule is C[Si](C)(C)OC1(C#N)CCC=CCCC=CCCC1. The van der Waals surface area contributed by atoms with Crippen LogP contribution in [0.2, 0.25) is 19.6 Å². The summed E-state index contributed by atoms with van der Waals surface area (Å²) >= 11 is 0. The Bertz CT molecular complexity index is 362. The highest BCUT2D eigenvalue weighted by atomic mass is 28.4. The van der Waals surface area contributed by atoms with Crippen LogP contribution in [0.25, 0.3) is 0 Å². The van der Waals surface area contributed by atoms with Gasteiger partial charge in [-0.15, -0.1) is 0 Å². The first-order chi connectivity index (χ1) is 8.97. The summed E-state index contributed by atoms with van der Waals surface area (Å²) in [5, 5.41) is 9.61. The van der Waals surface area contributed by atoms with Gasteiger partial charge >= 0.3 is 0 Å². The molecule has 0 spiro atoms. The lowest BCUT2D eigenvalue weighted by Gasteiger charge is -2.33. The molecule has 2 nitrogen and oxygen atoms in total. The van der Waals surface area contributed by atoms with Crippen LogP contribution in [0.3, 0.4) is 0 Å². The zero-order chi connectivity index (χ0) is 14.2. The van der Waals surface area contributed by atoms with E-state index in [-0.39, 0.29) is 0 Å². The molecule has 0 aromatic carbocycles.